The van der Waals surface area contributed by atoms with E-state index in [-0.39, 0.29) is 0 Å². The van der Waals surface area contributed by atoms with Crippen LogP contribution in [0.15, 0.2) is 52.7 Å². The predicted octanol–water partition coefficient (Wildman–Crippen LogP) is 5.30. The summed E-state index contributed by atoms with van der Waals surface area (Å²) in [4.78, 5) is 0. The smallest absolute Gasteiger partial charge is 0.119 e. The molecule has 0 aliphatic heterocycles. The fourth-order valence-corrected chi connectivity index (χ4v) is 4.17. The molecule has 19 heavy (non-hydrogen) atoms. The van der Waals surface area contributed by atoms with Crippen LogP contribution in [0.4, 0.5) is 0 Å². The molecule has 1 heterocycles. The number of hydrogen-bond acceptors (Lipinski definition) is 3. The van der Waals surface area contributed by atoms with Crippen LogP contribution in [-0.4, -0.2) is 13.4 Å². The first-order valence-corrected chi connectivity index (χ1v) is 8.07. The molecule has 0 aliphatic rings. The average molecular weight is 286 g/mol. The Balaban J connectivity index is 2.31. The van der Waals surface area contributed by atoms with Crippen LogP contribution in [0.2, 0.25) is 0 Å². The first-order valence-electron chi connectivity index (χ1n) is 6.03. The second-order valence-corrected chi connectivity index (χ2v) is 6.32. The van der Waals surface area contributed by atoms with Gasteiger partial charge < -0.3 is 4.74 Å². The Morgan fingerprint density at radius 1 is 1.05 bits per heavy atom. The largest absolute Gasteiger partial charge is 0.497 e. The van der Waals surface area contributed by atoms with Gasteiger partial charge in [0, 0.05) is 15.6 Å². The van der Waals surface area contributed by atoms with E-state index in [1.165, 1.54) is 25.4 Å². The molecule has 0 aliphatic carbocycles. The third-order valence-electron chi connectivity index (χ3n) is 3.11. The Morgan fingerprint density at radius 2 is 1.84 bits per heavy atom. The Morgan fingerprint density at radius 3 is 2.53 bits per heavy atom. The van der Waals surface area contributed by atoms with Gasteiger partial charge in [-0.2, -0.15) is 0 Å². The van der Waals surface area contributed by atoms with Crippen molar-refractivity contribution in [3.63, 3.8) is 0 Å². The summed E-state index contributed by atoms with van der Waals surface area (Å²) >= 11 is 3.65. The van der Waals surface area contributed by atoms with Gasteiger partial charge in [0.25, 0.3) is 0 Å². The number of hydrogen-bond donors (Lipinski definition) is 0. The van der Waals surface area contributed by atoms with Crippen molar-refractivity contribution in [2.45, 2.75) is 4.21 Å². The molecule has 2 aromatic carbocycles. The molecule has 3 aromatic rings. The number of fused-ring (bicyclic) bond motifs is 1. The highest BCUT2D eigenvalue weighted by Gasteiger charge is 2.13. The Bertz CT molecular complexity index is 701. The quantitative estimate of drug-likeness (QED) is 0.604. The monoisotopic (exact) mass is 286 g/mol. The molecule has 0 fully saturated rings. The Kier molecular flexibility index (Phi) is 3.49. The zero-order valence-corrected chi connectivity index (χ0v) is 12.5. The van der Waals surface area contributed by atoms with Crippen molar-refractivity contribution >= 4 is 33.2 Å². The molecule has 3 heteroatoms. The van der Waals surface area contributed by atoms with Crippen molar-refractivity contribution in [3.8, 4) is 16.9 Å². The standard InChI is InChI=1S/C16H14OS2/c1-17-12-8-9-14-13(10-12)15(16(18-2)19-14)11-6-4-3-5-7-11/h3-10H,1-2H3. The van der Waals surface area contributed by atoms with Crippen LogP contribution in [0.1, 0.15) is 0 Å². The normalized spacial score (nSPS) is 10.8. The zero-order valence-electron chi connectivity index (χ0n) is 10.8. The maximum absolute atomic E-state index is 5.35. The summed E-state index contributed by atoms with van der Waals surface area (Å²) in [6, 6.07) is 16.9. The number of ether oxygens (including phenoxy) is 1. The third-order valence-corrected chi connectivity index (χ3v) is 5.40. The summed E-state index contributed by atoms with van der Waals surface area (Å²) in [6.07, 6.45) is 2.13. The zero-order chi connectivity index (χ0) is 13.2. The van der Waals surface area contributed by atoms with E-state index in [9.17, 15) is 0 Å². The van der Waals surface area contributed by atoms with E-state index in [1.807, 2.05) is 29.2 Å². The summed E-state index contributed by atoms with van der Waals surface area (Å²) in [5, 5.41) is 1.28. The molecule has 0 unspecified atom stereocenters. The molecule has 1 nitrogen and oxygen atoms in total. The van der Waals surface area contributed by atoms with E-state index in [4.69, 9.17) is 4.74 Å². The Hall–Kier alpha value is -1.45. The first-order chi connectivity index (χ1) is 9.33. The summed E-state index contributed by atoms with van der Waals surface area (Å²) in [6.45, 7) is 0. The lowest BCUT2D eigenvalue weighted by Crippen LogP contribution is -1.82. The van der Waals surface area contributed by atoms with E-state index in [0.29, 0.717) is 0 Å². The van der Waals surface area contributed by atoms with E-state index >= 15 is 0 Å². The highest BCUT2D eigenvalue weighted by molar-refractivity contribution is 8.00. The van der Waals surface area contributed by atoms with Crippen molar-refractivity contribution in [2.75, 3.05) is 13.4 Å². The average Bonchev–Trinajstić information content (AvgIpc) is 2.85. The maximum Gasteiger partial charge on any atom is 0.119 e. The minimum Gasteiger partial charge on any atom is -0.497 e. The van der Waals surface area contributed by atoms with Crippen molar-refractivity contribution in [2.24, 2.45) is 0 Å². The van der Waals surface area contributed by atoms with E-state index in [1.54, 1.807) is 7.11 Å². The maximum atomic E-state index is 5.35. The van der Waals surface area contributed by atoms with Crippen LogP contribution < -0.4 is 4.74 Å². The SMILES string of the molecule is COc1ccc2sc(SC)c(-c3ccccc3)c2c1. The van der Waals surface area contributed by atoms with Gasteiger partial charge in [-0.3, -0.25) is 0 Å². The summed E-state index contributed by atoms with van der Waals surface area (Å²) in [5.41, 5.74) is 2.60. The molecule has 0 amide bonds. The lowest BCUT2D eigenvalue weighted by atomic mass is 10.0. The van der Waals surface area contributed by atoms with Gasteiger partial charge in [0.1, 0.15) is 5.75 Å². The van der Waals surface area contributed by atoms with Gasteiger partial charge in [-0.25, -0.2) is 0 Å². The molecular formula is C16H14OS2. The number of thiophene rings is 1. The number of methoxy groups -OCH3 is 1. The van der Waals surface area contributed by atoms with E-state index in [2.05, 4.69) is 48.7 Å². The van der Waals surface area contributed by atoms with Gasteiger partial charge in [-0.15, -0.1) is 23.1 Å². The van der Waals surface area contributed by atoms with Crippen LogP contribution in [0.5, 0.6) is 5.75 Å². The molecule has 96 valence electrons. The molecule has 0 radical (unpaired) electrons. The van der Waals surface area contributed by atoms with Gasteiger partial charge >= 0.3 is 0 Å². The second-order valence-electron chi connectivity index (χ2n) is 4.20. The van der Waals surface area contributed by atoms with Crippen molar-refractivity contribution in [3.05, 3.63) is 48.5 Å². The summed E-state index contributed by atoms with van der Waals surface area (Å²) < 4.78 is 8.02. The van der Waals surface area contributed by atoms with Gasteiger partial charge in [0.15, 0.2) is 0 Å². The van der Waals surface area contributed by atoms with Crippen LogP contribution >= 0.6 is 23.1 Å². The molecule has 1 aromatic heterocycles. The van der Waals surface area contributed by atoms with Crippen LogP contribution in [0, 0.1) is 0 Å². The topological polar surface area (TPSA) is 9.23 Å². The minimum atomic E-state index is 0.912. The molecule has 0 N–H and O–H groups in total. The molecule has 0 saturated heterocycles. The number of benzene rings is 2. The summed E-state index contributed by atoms with van der Waals surface area (Å²) in [5.74, 6) is 0.912. The minimum absolute atomic E-state index is 0.912. The van der Waals surface area contributed by atoms with Crippen LogP contribution in [0.25, 0.3) is 21.2 Å². The molecule has 0 saturated carbocycles. The second kappa shape index (κ2) is 5.27. The lowest BCUT2D eigenvalue weighted by Gasteiger charge is -2.04. The number of rotatable bonds is 3. The fraction of sp³-hybridized carbons (Fsp3) is 0.125. The van der Waals surface area contributed by atoms with E-state index < -0.39 is 0 Å². The third kappa shape index (κ3) is 2.24. The molecule has 3 rings (SSSR count). The fourth-order valence-electron chi connectivity index (χ4n) is 2.20. The highest BCUT2D eigenvalue weighted by Crippen LogP contribution is 2.44. The highest BCUT2D eigenvalue weighted by atomic mass is 32.2. The van der Waals surface area contributed by atoms with Crippen LogP contribution in [-0.2, 0) is 0 Å². The molecular weight excluding hydrogens is 272 g/mol. The lowest BCUT2D eigenvalue weighted by molar-refractivity contribution is 0.415. The summed E-state index contributed by atoms with van der Waals surface area (Å²) in [7, 11) is 1.71. The van der Waals surface area contributed by atoms with Gasteiger partial charge in [-0.05, 0) is 30.0 Å². The van der Waals surface area contributed by atoms with Crippen molar-refractivity contribution in [1.82, 2.24) is 0 Å². The van der Waals surface area contributed by atoms with Crippen molar-refractivity contribution in [1.29, 1.82) is 0 Å². The van der Waals surface area contributed by atoms with Gasteiger partial charge in [0.2, 0.25) is 0 Å². The predicted molar refractivity (Wildman–Crippen MR) is 85.6 cm³/mol. The van der Waals surface area contributed by atoms with E-state index in [0.717, 1.165) is 5.75 Å². The Labute approximate surface area is 121 Å². The molecule has 0 spiro atoms. The molecule has 0 atom stereocenters. The first kappa shape index (κ1) is 12.6. The number of thioether (sulfide) groups is 1. The van der Waals surface area contributed by atoms with Gasteiger partial charge in [0.05, 0.1) is 11.3 Å². The van der Waals surface area contributed by atoms with Crippen molar-refractivity contribution < 1.29 is 4.74 Å². The molecule has 0 bridgehead atoms. The van der Waals surface area contributed by atoms with Crippen LogP contribution in [0.3, 0.4) is 0 Å². The van der Waals surface area contributed by atoms with Gasteiger partial charge in [-0.1, -0.05) is 30.3 Å².